The Morgan fingerprint density at radius 1 is 1.54 bits per heavy atom. The van der Waals surface area contributed by atoms with Crippen LogP contribution in [0.25, 0.3) is 0 Å². The van der Waals surface area contributed by atoms with Gasteiger partial charge in [0, 0.05) is 19.0 Å². The Hall–Kier alpha value is -0.150. The largest absolute Gasteiger partial charge is 0.345 e. The Kier molecular flexibility index (Phi) is 3.68. The third kappa shape index (κ3) is 2.92. The molecule has 1 heterocycles. The quantitative estimate of drug-likeness (QED) is 0.660. The van der Waals surface area contributed by atoms with Gasteiger partial charge in [-0.15, -0.1) is 0 Å². The number of hydrogen-bond acceptors (Lipinski definition) is 2. The van der Waals surface area contributed by atoms with Gasteiger partial charge in [-0.1, -0.05) is 6.92 Å². The molecule has 78 valence electrons. The maximum atomic E-state index is 13.9. The molecule has 0 unspecified atom stereocenters. The molecule has 13 heavy (non-hydrogen) atoms. The molecule has 1 fully saturated rings. The topological polar surface area (TPSA) is 12.5 Å². The van der Waals surface area contributed by atoms with Crippen molar-refractivity contribution >= 4 is 0 Å². The third-order valence-electron chi connectivity index (χ3n) is 2.65. The highest BCUT2D eigenvalue weighted by Gasteiger charge is 2.33. The van der Waals surface area contributed by atoms with Gasteiger partial charge in [-0.25, -0.2) is 4.39 Å². The number of alkyl halides is 1. The van der Waals surface area contributed by atoms with Crippen LogP contribution in [0.3, 0.4) is 0 Å². The lowest BCUT2D eigenvalue weighted by molar-refractivity contribution is -0.148. The van der Waals surface area contributed by atoms with Gasteiger partial charge in [-0.3, -0.25) is 4.90 Å². The molecule has 0 spiro atoms. The highest BCUT2D eigenvalue weighted by atomic mass is 19.2. The predicted molar refractivity (Wildman–Crippen MR) is 51.4 cm³/mol. The number of ether oxygens (including phenoxy) is 1. The fourth-order valence-electron chi connectivity index (χ4n) is 1.61. The van der Waals surface area contributed by atoms with Gasteiger partial charge in [0.05, 0.1) is 13.2 Å². The van der Waals surface area contributed by atoms with Crippen LogP contribution < -0.4 is 0 Å². The van der Waals surface area contributed by atoms with Gasteiger partial charge in [0.2, 0.25) is 5.85 Å². The second-order valence-electron chi connectivity index (χ2n) is 4.00. The van der Waals surface area contributed by atoms with Gasteiger partial charge >= 0.3 is 0 Å². The molecule has 0 N–H and O–H groups in total. The van der Waals surface area contributed by atoms with Crippen LogP contribution in [0.15, 0.2) is 0 Å². The summed E-state index contributed by atoms with van der Waals surface area (Å²) in [4.78, 5) is 2.15. The lowest BCUT2D eigenvalue weighted by Crippen LogP contribution is -2.42. The van der Waals surface area contributed by atoms with Crippen molar-refractivity contribution in [3.63, 3.8) is 0 Å². The molecule has 0 aromatic heterocycles. The van der Waals surface area contributed by atoms with Crippen molar-refractivity contribution in [1.82, 2.24) is 4.90 Å². The maximum absolute atomic E-state index is 13.9. The van der Waals surface area contributed by atoms with Crippen LogP contribution in [0.1, 0.15) is 33.6 Å². The SMILES string of the molecule is CC[C@]1(F)CN(C(C)C)CCCO1. The minimum atomic E-state index is -1.42. The van der Waals surface area contributed by atoms with Crippen molar-refractivity contribution in [1.29, 1.82) is 0 Å². The summed E-state index contributed by atoms with van der Waals surface area (Å²) in [7, 11) is 0. The van der Waals surface area contributed by atoms with Gasteiger partial charge in [0.25, 0.3) is 0 Å². The molecular formula is C10H20FNO. The van der Waals surface area contributed by atoms with E-state index < -0.39 is 5.85 Å². The van der Waals surface area contributed by atoms with Crippen LogP contribution >= 0.6 is 0 Å². The minimum Gasteiger partial charge on any atom is -0.345 e. The summed E-state index contributed by atoms with van der Waals surface area (Å²) in [6.45, 7) is 7.95. The summed E-state index contributed by atoms with van der Waals surface area (Å²) in [6, 6.07) is 0.406. The van der Waals surface area contributed by atoms with E-state index in [9.17, 15) is 4.39 Å². The Bertz CT molecular complexity index is 163. The first-order valence-corrected chi connectivity index (χ1v) is 5.14. The van der Waals surface area contributed by atoms with Gasteiger partial charge < -0.3 is 4.74 Å². The standard InChI is InChI=1S/C10H20FNO/c1-4-10(11)8-12(9(2)3)6-5-7-13-10/h9H,4-8H2,1-3H3/t10-/m1/s1. The first-order chi connectivity index (χ1) is 6.07. The van der Waals surface area contributed by atoms with Crippen molar-refractivity contribution in [2.45, 2.75) is 45.5 Å². The lowest BCUT2D eigenvalue weighted by atomic mass is 10.2. The van der Waals surface area contributed by atoms with Gasteiger partial charge in [0.15, 0.2) is 0 Å². The molecule has 1 aliphatic rings. The molecule has 1 rings (SSSR count). The van der Waals surface area contributed by atoms with Crippen molar-refractivity contribution in [3.05, 3.63) is 0 Å². The van der Waals surface area contributed by atoms with Gasteiger partial charge in [-0.2, -0.15) is 0 Å². The Morgan fingerprint density at radius 3 is 2.77 bits per heavy atom. The van der Waals surface area contributed by atoms with Crippen molar-refractivity contribution in [2.24, 2.45) is 0 Å². The highest BCUT2D eigenvalue weighted by molar-refractivity contribution is 4.77. The highest BCUT2D eigenvalue weighted by Crippen LogP contribution is 2.23. The van der Waals surface area contributed by atoms with E-state index in [0.29, 0.717) is 25.6 Å². The second-order valence-corrected chi connectivity index (χ2v) is 4.00. The Morgan fingerprint density at radius 2 is 2.23 bits per heavy atom. The summed E-state index contributed by atoms with van der Waals surface area (Å²) >= 11 is 0. The fourth-order valence-corrected chi connectivity index (χ4v) is 1.61. The molecule has 0 aromatic rings. The van der Waals surface area contributed by atoms with Crippen molar-refractivity contribution < 1.29 is 9.13 Å². The van der Waals surface area contributed by atoms with Crippen LogP contribution in [0.2, 0.25) is 0 Å². The summed E-state index contributed by atoms with van der Waals surface area (Å²) < 4.78 is 19.1. The molecule has 2 nitrogen and oxygen atoms in total. The summed E-state index contributed by atoms with van der Waals surface area (Å²) in [5.41, 5.74) is 0. The zero-order valence-corrected chi connectivity index (χ0v) is 8.85. The molecule has 0 saturated carbocycles. The van der Waals surface area contributed by atoms with Crippen LogP contribution in [-0.4, -0.2) is 36.5 Å². The Balaban J connectivity index is 2.59. The van der Waals surface area contributed by atoms with Crippen LogP contribution in [0.5, 0.6) is 0 Å². The van der Waals surface area contributed by atoms with Crippen LogP contribution in [0.4, 0.5) is 4.39 Å². The second kappa shape index (κ2) is 4.38. The molecule has 1 atom stereocenters. The van der Waals surface area contributed by atoms with E-state index in [0.717, 1.165) is 13.0 Å². The first kappa shape index (κ1) is 10.9. The van der Waals surface area contributed by atoms with E-state index in [1.807, 2.05) is 6.92 Å². The maximum Gasteiger partial charge on any atom is 0.221 e. The monoisotopic (exact) mass is 189 g/mol. The normalized spacial score (nSPS) is 32.1. The molecule has 1 saturated heterocycles. The molecule has 0 aromatic carbocycles. The first-order valence-electron chi connectivity index (χ1n) is 5.14. The lowest BCUT2D eigenvalue weighted by Gasteiger charge is -2.30. The van der Waals surface area contributed by atoms with Gasteiger partial charge in [-0.05, 0) is 20.3 Å². The number of rotatable bonds is 2. The summed E-state index contributed by atoms with van der Waals surface area (Å²) in [5.74, 6) is -1.42. The third-order valence-corrected chi connectivity index (χ3v) is 2.65. The zero-order valence-electron chi connectivity index (χ0n) is 8.85. The summed E-state index contributed by atoms with van der Waals surface area (Å²) in [5, 5.41) is 0. The average molecular weight is 189 g/mol. The molecule has 3 heteroatoms. The number of halogens is 1. The van der Waals surface area contributed by atoms with E-state index in [4.69, 9.17) is 4.74 Å². The van der Waals surface area contributed by atoms with E-state index in [-0.39, 0.29) is 0 Å². The predicted octanol–water partition coefficient (Wildman–Crippen LogP) is 2.19. The van der Waals surface area contributed by atoms with Crippen molar-refractivity contribution in [2.75, 3.05) is 19.7 Å². The molecule has 0 radical (unpaired) electrons. The fraction of sp³-hybridized carbons (Fsp3) is 1.00. The molecule has 0 aliphatic carbocycles. The molecule has 1 aliphatic heterocycles. The molecular weight excluding hydrogens is 169 g/mol. The van der Waals surface area contributed by atoms with E-state index >= 15 is 0 Å². The van der Waals surface area contributed by atoms with Crippen molar-refractivity contribution in [3.8, 4) is 0 Å². The number of hydrogen-bond donors (Lipinski definition) is 0. The minimum absolute atomic E-state index is 0.406. The van der Waals surface area contributed by atoms with E-state index in [1.165, 1.54) is 0 Å². The molecule has 0 bridgehead atoms. The van der Waals surface area contributed by atoms with Gasteiger partial charge in [0.1, 0.15) is 0 Å². The van der Waals surface area contributed by atoms with E-state index in [1.54, 1.807) is 0 Å². The number of nitrogens with zero attached hydrogens (tertiary/aromatic N) is 1. The van der Waals surface area contributed by atoms with Crippen LogP contribution in [-0.2, 0) is 4.74 Å². The summed E-state index contributed by atoms with van der Waals surface area (Å²) in [6.07, 6.45) is 1.38. The zero-order chi connectivity index (χ0) is 9.90. The van der Waals surface area contributed by atoms with Crippen LogP contribution in [0, 0.1) is 0 Å². The average Bonchev–Trinajstić information content (AvgIpc) is 2.28. The Labute approximate surface area is 80.1 Å². The smallest absolute Gasteiger partial charge is 0.221 e. The molecule has 0 amide bonds. The van der Waals surface area contributed by atoms with E-state index in [2.05, 4.69) is 18.7 Å².